The zero-order valence-electron chi connectivity index (χ0n) is 35.3. The predicted molar refractivity (Wildman–Crippen MR) is 233 cm³/mol. The van der Waals surface area contributed by atoms with Crippen LogP contribution < -0.4 is 10.1 Å². The fourth-order valence-electron chi connectivity index (χ4n) is 8.29. The number of amides is 3. The average Bonchev–Trinajstić information content (AvgIpc) is 3.57. The molecule has 1 aromatic heterocycles. The first-order chi connectivity index (χ1) is 28.6. The molecule has 2 saturated heterocycles. The van der Waals surface area contributed by atoms with Crippen LogP contribution >= 0.6 is 23.2 Å². The van der Waals surface area contributed by atoms with Crippen molar-refractivity contribution in [2.45, 2.75) is 77.5 Å². The highest BCUT2D eigenvalue weighted by Crippen LogP contribution is 2.34. The van der Waals surface area contributed by atoms with E-state index < -0.39 is 41.7 Å². The summed E-state index contributed by atoms with van der Waals surface area (Å²) in [5.74, 6) is -1.53. The molecule has 2 bridgehead atoms. The lowest BCUT2D eigenvalue weighted by atomic mass is 9.81. The molecule has 0 aliphatic carbocycles. The molecule has 2 fully saturated rings. The summed E-state index contributed by atoms with van der Waals surface area (Å²) in [5.41, 5.74) is 2.57. The Morgan fingerprint density at radius 3 is 2.35 bits per heavy atom. The van der Waals surface area contributed by atoms with Gasteiger partial charge in [0.05, 0.1) is 49.1 Å². The highest BCUT2D eigenvalue weighted by atomic mass is 35.5. The van der Waals surface area contributed by atoms with Gasteiger partial charge in [-0.05, 0) is 100 Å². The molecule has 2 aliphatic heterocycles. The van der Waals surface area contributed by atoms with Crippen LogP contribution in [0.5, 0.6) is 11.5 Å². The van der Waals surface area contributed by atoms with Crippen LogP contribution in [0.4, 0.5) is 0 Å². The lowest BCUT2D eigenvalue weighted by Crippen LogP contribution is -2.63. The Hall–Kier alpha value is -4.75. The first-order valence-electron chi connectivity index (χ1n) is 20.6. The number of halogens is 2. The second kappa shape index (κ2) is 19.3. The highest BCUT2D eigenvalue weighted by molar-refractivity contribution is 6.31. The third kappa shape index (κ3) is 10.6. The number of Topliss-reactive ketones (excluding diaryl/α,β-unsaturated/α-hetero) is 1. The lowest BCUT2D eigenvalue weighted by molar-refractivity contribution is -0.148. The Morgan fingerprint density at radius 1 is 0.983 bits per heavy atom. The molecule has 3 amide bonds. The predicted octanol–water partition coefficient (Wildman–Crippen LogP) is 6.93. The molecule has 0 unspecified atom stereocenters. The number of benzene rings is 3. The van der Waals surface area contributed by atoms with E-state index in [0.29, 0.717) is 59.5 Å². The van der Waals surface area contributed by atoms with Crippen molar-refractivity contribution in [3.8, 4) is 22.8 Å². The van der Waals surface area contributed by atoms with Crippen LogP contribution in [0.1, 0.15) is 63.4 Å². The number of carbonyl (C=O) groups excluding carboxylic acids is 4. The number of rotatable bonds is 11. The van der Waals surface area contributed by atoms with Gasteiger partial charge in [0.1, 0.15) is 17.3 Å². The summed E-state index contributed by atoms with van der Waals surface area (Å²) < 4.78 is 8.47. The summed E-state index contributed by atoms with van der Waals surface area (Å²) in [6.45, 7) is 6.26. The molecule has 4 atom stereocenters. The summed E-state index contributed by atoms with van der Waals surface area (Å²) in [6, 6.07) is 19.1. The monoisotopic (exact) mass is 858 g/mol. The number of ether oxygens (including phenoxy) is 1. The Balaban J connectivity index is 1.29. The molecule has 0 saturated carbocycles. The standard InChI is InChI=1S/C46H56Cl2N6O6/c1-29(2)38-22-43(57)54(25-33-10-15-36(48)21-41(33)60-37-16-11-32(12-17-37)39-24-49-42(52(39)6)26-51(4)5)30(3)40(56)20-34(27-55)44(58)50-46(18-7-19-53(28-46)45(38)59)23-31-8-13-35(47)14-9-31/h8-17,21,24,29-30,34,38,55H,7,18-20,22-23,25-28H2,1-6H3,(H,50,58)/t30-,34-,38+,46+/m0/s1. The molecule has 2 N–H and O–H groups in total. The second-order valence-electron chi connectivity index (χ2n) is 17.0. The number of aliphatic hydroxyl groups excluding tert-OH is 1. The van der Waals surface area contributed by atoms with Crippen molar-refractivity contribution >= 4 is 46.7 Å². The minimum atomic E-state index is -1.07. The number of fused-ring (bicyclic) bond motifs is 2. The van der Waals surface area contributed by atoms with E-state index >= 15 is 0 Å². The van der Waals surface area contributed by atoms with Gasteiger partial charge in [0.2, 0.25) is 17.7 Å². The van der Waals surface area contributed by atoms with Gasteiger partial charge in [-0.15, -0.1) is 0 Å². The molecular formula is C46H56Cl2N6O6. The van der Waals surface area contributed by atoms with Crippen molar-refractivity contribution in [2.75, 3.05) is 33.8 Å². The van der Waals surface area contributed by atoms with E-state index in [9.17, 15) is 24.3 Å². The van der Waals surface area contributed by atoms with Gasteiger partial charge in [-0.2, -0.15) is 0 Å². The Kier molecular flexibility index (Phi) is 14.4. The molecule has 3 aromatic carbocycles. The van der Waals surface area contributed by atoms with E-state index in [0.717, 1.165) is 22.6 Å². The molecule has 2 aliphatic rings. The topological polar surface area (TPSA) is 137 Å². The molecular weight excluding hydrogens is 803 g/mol. The number of piperidine rings is 1. The molecule has 14 heteroatoms. The normalized spacial score (nSPS) is 22.0. The van der Waals surface area contributed by atoms with E-state index in [4.69, 9.17) is 27.9 Å². The van der Waals surface area contributed by atoms with E-state index in [1.165, 1.54) is 4.90 Å². The van der Waals surface area contributed by atoms with Gasteiger partial charge in [-0.1, -0.05) is 55.2 Å². The number of aliphatic hydroxyl groups is 1. The van der Waals surface area contributed by atoms with Crippen LogP contribution in [0.15, 0.2) is 72.9 Å². The zero-order valence-corrected chi connectivity index (χ0v) is 36.8. The zero-order chi connectivity index (χ0) is 43.3. The Morgan fingerprint density at radius 2 is 1.68 bits per heavy atom. The number of ketones is 1. The summed E-state index contributed by atoms with van der Waals surface area (Å²) in [6.07, 6.45) is 3.06. The van der Waals surface area contributed by atoms with Crippen LogP contribution in [-0.2, 0) is 45.7 Å². The summed E-state index contributed by atoms with van der Waals surface area (Å²) in [7, 11) is 5.98. The maximum absolute atomic E-state index is 14.6. The number of hydrogen-bond acceptors (Lipinski definition) is 8. The molecule has 12 nitrogen and oxygen atoms in total. The molecule has 3 heterocycles. The first-order valence-corrected chi connectivity index (χ1v) is 21.3. The summed E-state index contributed by atoms with van der Waals surface area (Å²) in [5, 5.41) is 14.7. The minimum absolute atomic E-state index is 0.0388. The molecule has 0 spiro atoms. The van der Waals surface area contributed by atoms with Gasteiger partial charge in [0.15, 0.2) is 5.78 Å². The fraction of sp³-hybridized carbons (Fsp3) is 0.457. The van der Waals surface area contributed by atoms with Gasteiger partial charge < -0.3 is 34.4 Å². The van der Waals surface area contributed by atoms with Crippen molar-refractivity contribution in [1.29, 1.82) is 0 Å². The van der Waals surface area contributed by atoms with Crippen molar-refractivity contribution < 1.29 is 29.0 Å². The van der Waals surface area contributed by atoms with Crippen LogP contribution in [0.3, 0.4) is 0 Å². The van der Waals surface area contributed by atoms with Crippen LogP contribution in [0.25, 0.3) is 11.3 Å². The van der Waals surface area contributed by atoms with Gasteiger partial charge in [0, 0.05) is 60.1 Å². The first kappa shape index (κ1) is 44.8. The van der Waals surface area contributed by atoms with E-state index in [-0.39, 0.29) is 43.7 Å². The number of hydrogen-bond donors (Lipinski definition) is 2. The van der Waals surface area contributed by atoms with Crippen molar-refractivity contribution in [3.05, 3.63) is 99.9 Å². The second-order valence-corrected chi connectivity index (χ2v) is 17.8. The van der Waals surface area contributed by atoms with Crippen molar-refractivity contribution in [1.82, 2.24) is 29.6 Å². The molecule has 0 radical (unpaired) electrons. The number of aromatic nitrogens is 2. The Bertz CT molecular complexity index is 2170. The maximum Gasteiger partial charge on any atom is 0.226 e. The minimum Gasteiger partial charge on any atom is -0.457 e. The van der Waals surface area contributed by atoms with Gasteiger partial charge in [-0.25, -0.2) is 4.98 Å². The Labute approximate surface area is 362 Å². The number of imidazole rings is 1. The fourth-order valence-corrected chi connectivity index (χ4v) is 8.58. The highest BCUT2D eigenvalue weighted by Gasteiger charge is 2.43. The quantitative estimate of drug-likeness (QED) is 0.166. The third-order valence-electron chi connectivity index (χ3n) is 11.8. The van der Waals surface area contributed by atoms with Crippen molar-refractivity contribution in [2.24, 2.45) is 24.8 Å². The maximum atomic E-state index is 14.6. The molecule has 320 valence electrons. The van der Waals surface area contributed by atoms with Crippen LogP contribution in [0, 0.1) is 17.8 Å². The number of nitrogens with zero attached hydrogens (tertiary/aromatic N) is 5. The van der Waals surface area contributed by atoms with Gasteiger partial charge in [-0.3, -0.25) is 19.2 Å². The summed E-state index contributed by atoms with van der Waals surface area (Å²) >= 11 is 12.7. The molecule has 60 heavy (non-hydrogen) atoms. The third-order valence-corrected chi connectivity index (χ3v) is 12.3. The molecule has 6 rings (SSSR count). The van der Waals surface area contributed by atoms with Crippen LogP contribution in [-0.4, -0.2) is 98.2 Å². The molecule has 4 aromatic rings. The number of nitrogens with one attached hydrogen (secondary N) is 1. The lowest BCUT2D eigenvalue weighted by Gasteiger charge is -2.45. The van der Waals surface area contributed by atoms with Crippen LogP contribution in [0.2, 0.25) is 10.0 Å². The van der Waals surface area contributed by atoms with E-state index in [2.05, 4.69) is 19.8 Å². The van der Waals surface area contributed by atoms with Crippen molar-refractivity contribution in [3.63, 3.8) is 0 Å². The average molecular weight is 860 g/mol. The smallest absolute Gasteiger partial charge is 0.226 e. The van der Waals surface area contributed by atoms with Gasteiger partial charge >= 0.3 is 0 Å². The summed E-state index contributed by atoms with van der Waals surface area (Å²) in [4.78, 5) is 67.2. The van der Waals surface area contributed by atoms with Gasteiger partial charge in [0.25, 0.3) is 0 Å². The SMILES string of the molecule is CC(C)[C@H]1CC(=O)N(Cc2ccc(Cl)cc2Oc2ccc(-c3cnc(CN(C)C)n3C)cc2)[C@@H](C)C(=O)C[C@@H](CO)C(=O)N[C@@]2(Cc3ccc(Cl)cc3)CCCN(C2)C1=O. The van der Waals surface area contributed by atoms with E-state index in [1.807, 2.05) is 77.6 Å². The largest absolute Gasteiger partial charge is 0.457 e. The number of carbonyl (C=O) groups is 4. The van der Waals surface area contributed by atoms with E-state index in [1.54, 1.807) is 42.2 Å².